The molecule has 0 aromatic heterocycles. The molecule has 1 N–H and O–H groups in total. The van der Waals surface area contributed by atoms with Crippen molar-refractivity contribution < 1.29 is 13.2 Å². The zero-order valence-electron chi connectivity index (χ0n) is 9.89. The van der Waals surface area contributed by atoms with Gasteiger partial charge in [0.2, 0.25) is 0 Å². The molecule has 0 saturated carbocycles. The molecular weight excluding hydrogens is 240 g/mol. The van der Waals surface area contributed by atoms with Crippen molar-refractivity contribution in [1.82, 2.24) is 4.31 Å². The molecule has 0 spiro atoms. The van der Waals surface area contributed by atoms with E-state index in [-0.39, 0.29) is 16.5 Å². The van der Waals surface area contributed by atoms with Gasteiger partial charge in [-0.25, -0.2) is 12.7 Å². The smallest absolute Gasteiger partial charge is 0.269 e. The number of nitrogens with one attached hydrogen (secondary N) is 1. The van der Waals surface area contributed by atoms with Crippen LogP contribution in [0.2, 0.25) is 0 Å². The predicted molar refractivity (Wildman–Crippen MR) is 64.5 cm³/mol. The molecule has 0 radical (unpaired) electrons. The van der Waals surface area contributed by atoms with E-state index in [1.807, 2.05) is 0 Å². The minimum absolute atomic E-state index is 0.0928. The van der Waals surface area contributed by atoms with Gasteiger partial charge in [0, 0.05) is 18.8 Å². The summed E-state index contributed by atoms with van der Waals surface area (Å²) in [5.74, 6) is -0.452. The molecule has 92 valence electrons. The van der Waals surface area contributed by atoms with Crippen molar-refractivity contribution in [3.63, 3.8) is 0 Å². The summed E-state index contributed by atoms with van der Waals surface area (Å²) in [5.41, 5.74) is 0.962. The third-order valence-electron chi connectivity index (χ3n) is 2.70. The zero-order chi connectivity index (χ0) is 12.8. The minimum atomic E-state index is -3.66. The van der Waals surface area contributed by atoms with Gasteiger partial charge in [-0.3, -0.25) is 4.79 Å². The first-order chi connectivity index (χ1) is 7.89. The molecule has 1 aliphatic rings. The van der Waals surface area contributed by atoms with E-state index in [1.165, 1.54) is 6.07 Å². The van der Waals surface area contributed by atoms with Crippen molar-refractivity contribution >= 4 is 21.6 Å². The number of hydrogen-bond acceptors (Lipinski definition) is 4. The Hall–Kier alpha value is -1.56. The lowest BCUT2D eigenvalue weighted by Gasteiger charge is -2.18. The molecule has 2 rings (SSSR count). The van der Waals surface area contributed by atoms with Crippen LogP contribution >= 0.6 is 0 Å². The SMILES string of the molecule is CNc1ccc2c(c1)C(=O)N(C(C)C)S2(=O)=O. The number of carbonyl (C=O) groups excluding carboxylic acids is 1. The molecule has 0 aliphatic carbocycles. The van der Waals surface area contributed by atoms with Crippen molar-refractivity contribution in [2.75, 3.05) is 12.4 Å². The van der Waals surface area contributed by atoms with Crippen LogP contribution in [0.1, 0.15) is 24.2 Å². The van der Waals surface area contributed by atoms with Gasteiger partial charge in [0.05, 0.1) is 5.56 Å². The first-order valence-electron chi connectivity index (χ1n) is 5.30. The zero-order valence-corrected chi connectivity index (χ0v) is 10.7. The van der Waals surface area contributed by atoms with Crippen molar-refractivity contribution in [3.05, 3.63) is 23.8 Å². The van der Waals surface area contributed by atoms with Gasteiger partial charge in [-0.15, -0.1) is 0 Å². The highest BCUT2D eigenvalue weighted by molar-refractivity contribution is 7.90. The lowest BCUT2D eigenvalue weighted by atomic mass is 10.2. The summed E-state index contributed by atoms with van der Waals surface area (Å²) >= 11 is 0. The molecule has 0 unspecified atom stereocenters. The predicted octanol–water partition coefficient (Wildman–Crippen LogP) is 1.28. The number of fused-ring (bicyclic) bond motifs is 1. The maximum atomic E-state index is 12.1. The molecule has 1 heterocycles. The Morgan fingerprint density at radius 1 is 1.29 bits per heavy atom. The Labute approximate surface area is 100 Å². The fourth-order valence-electron chi connectivity index (χ4n) is 1.92. The van der Waals surface area contributed by atoms with Crippen LogP contribution in [0.25, 0.3) is 0 Å². The molecule has 5 nitrogen and oxygen atoms in total. The van der Waals surface area contributed by atoms with Crippen molar-refractivity contribution in [2.24, 2.45) is 0 Å². The fourth-order valence-corrected chi connectivity index (χ4v) is 3.67. The highest BCUT2D eigenvalue weighted by Gasteiger charge is 2.42. The number of carbonyl (C=O) groups is 1. The molecule has 1 amide bonds. The summed E-state index contributed by atoms with van der Waals surface area (Å²) in [5, 5.41) is 2.88. The second-order valence-electron chi connectivity index (χ2n) is 4.16. The monoisotopic (exact) mass is 254 g/mol. The Morgan fingerprint density at radius 2 is 1.94 bits per heavy atom. The molecule has 0 atom stereocenters. The fraction of sp³-hybridized carbons (Fsp3) is 0.364. The maximum Gasteiger partial charge on any atom is 0.269 e. The molecule has 6 heteroatoms. The summed E-state index contributed by atoms with van der Waals surface area (Å²) in [7, 11) is -1.95. The van der Waals surface area contributed by atoms with E-state index in [9.17, 15) is 13.2 Å². The van der Waals surface area contributed by atoms with E-state index >= 15 is 0 Å². The summed E-state index contributed by atoms with van der Waals surface area (Å²) in [6.07, 6.45) is 0. The van der Waals surface area contributed by atoms with Crippen molar-refractivity contribution in [3.8, 4) is 0 Å². The largest absolute Gasteiger partial charge is 0.388 e. The topological polar surface area (TPSA) is 66.5 Å². The van der Waals surface area contributed by atoms with Crippen LogP contribution in [0, 0.1) is 0 Å². The molecule has 1 aromatic carbocycles. The average Bonchev–Trinajstić information content (AvgIpc) is 2.46. The Bertz CT molecular complexity index is 578. The van der Waals surface area contributed by atoms with E-state index in [2.05, 4.69) is 5.32 Å². The van der Waals surface area contributed by atoms with Gasteiger partial charge in [0.1, 0.15) is 4.90 Å². The van der Waals surface area contributed by atoms with Crippen LogP contribution < -0.4 is 5.32 Å². The van der Waals surface area contributed by atoms with E-state index < -0.39 is 15.9 Å². The second kappa shape index (κ2) is 3.73. The summed E-state index contributed by atoms with van der Waals surface area (Å²) in [4.78, 5) is 12.1. The quantitative estimate of drug-likeness (QED) is 0.863. The third kappa shape index (κ3) is 1.59. The number of rotatable bonds is 2. The van der Waals surface area contributed by atoms with Crippen molar-refractivity contribution in [2.45, 2.75) is 24.8 Å². The van der Waals surface area contributed by atoms with Gasteiger partial charge < -0.3 is 5.32 Å². The minimum Gasteiger partial charge on any atom is -0.388 e. The normalized spacial score (nSPS) is 17.4. The van der Waals surface area contributed by atoms with Gasteiger partial charge in [-0.2, -0.15) is 0 Å². The second-order valence-corrected chi connectivity index (χ2v) is 5.94. The van der Waals surface area contributed by atoms with Gasteiger partial charge in [-0.1, -0.05) is 0 Å². The molecule has 1 aliphatic heterocycles. The molecule has 17 heavy (non-hydrogen) atoms. The standard InChI is InChI=1S/C11H14N2O3S/c1-7(2)13-11(14)9-6-8(12-3)4-5-10(9)17(13,15)16/h4-7,12H,1-3H3. The number of benzene rings is 1. The van der Waals surface area contributed by atoms with Crippen LogP contribution in [-0.4, -0.2) is 31.7 Å². The lowest BCUT2D eigenvalue weighted by Crippen LogP contribution is -2.36. The summed E-state index contributed by atoms with van der Waals surface area (Å²) in [6.45, 7) is 3.36. The lowest BCUT2D eigenvalue weighted by molar-refractivity contribution is 0.0846. The average molecular weight is 254 g/mol. The summed E-state index contributed by atoms with van der Waals surface area (Å²) in [6, 6.07) is 4.31. The molecule has 0 fully saturated rings. The first kappa shape index (κ1) is 11.9. The maximum absolute atomic E-state index is 12.1. The Kier molecular flexibility index (Phi) is 2.61. The van der Waals surface area contributed by atoms with Crippen molar-refractivity contribution in [1.29, 1.82) is 0 Å². The van der Waals surface area contributed by atoms with E-state index in [4.69, 9.17) is 0 Å². The van der Waals surface area contributed by atoms with E-state index in [0.29, 0.717) is 0 Å². The van der Waals surface area contributed by atoms with Crippen LogP contribution in [0.5, 0.6) is 0 Å². The van der Waals surface area contributed by atoms with Gasteiger partial charge >= 0.3 is 0 Å². The van der Waals surface area contributed by atoms with Gasteiger partial charge in [0.15, 0.2) is 0 Å². The first-order valence-corrected chi connectivity index (χ1v) is 6.74. The number of nitrogens with zero attached hydrogens (tertiary/aromatic N) is 1. The van der Waals surface area contributed by atoms with E-state index in [0.717, 1.165) is 9.99 Å². The number of sulfonamides is 1. The molecule has 0 saturated heterocycles. The van der Waals surface area contributed by atoms with Crippen LogP contribution in [-0.2, 0) is 10.0 Å². The number of anilines is 1. The molecule has 1 aromatic rings. The molecule has 0 bridgehead atoms. The highest BCUT2D eigenvalue weighted by atomic mass is 32.2. The Balaban J connectivity index is 2.66. The van der Waals surface area contributed by atoms with Gasteiger partial charge in [0.25, 0.3) is 15.9 Å². The summed E-state index contributed by atoms with van der Waals surface area (Å²) < 4.78 is 25.2. The Morgan fingerprint density at radius 3 is 2.47 bits per heavy atom. The van der Waals surface area contributed by atoms with E-state index in [1.54, 1.807) is 33.0 Å². The molecular formula is C11H14N2O3S. The number of amides is 1. The number of hydrogen-bond donors (Lipinski definition) is 1. The highest BCUT2D eigenvalue weighted by Crippen LogP contribution is 2.33. The van der Waals surface area contributed by atoms with Crippen LogP contribution in [0.3, 0.4) is 0 Å². The third-order valence-corrected chi connectivity index (χ3v) is 4.72. The van der Waals surface area contributed by atoms with Gasteiger partial charge in [-0.05, 0) is 32.0 Å². The van der Waals surface area contributed by atoms with Crippen LogP contribution in [0.4, 0.5) is 5.69 Å². The van der Waals surface area contributed by atoms with Crippen LogP contribution in [0.15, 0.2) is 23.1 Å².